The van der Waals surface area contributed by atoms with Crippen molar-refractivity contribution in [3.8, 4) is 5.88 Å². The lowest BCUT2D eigenvalue weighted by Gasteiger charge is -2.26. The van der Waals surface area contributed by atoms with Crippen molar-refractivity contribution in [2.24, 2.45) is 0 Å². The maximum absolute atomic E-state index is 12.3. The summed E-state index contributed by atoms with van der Waals surface area (Å²) in [5.41, 5.74) is 0.553. The predicted molar refractivity (Wildman–Crippen MR) is 94.7 cm³/mol. The average molecular weight is 344 g/mol. The minimum Gasteiger partial charge on any atom is -0.476 e. The fourth-order valence-electron chi connectivity index (χ4n) is 3.04. The van der Waals surface area contributed by atoms with Crippen LogP contribution in [0.4, 0.5) is 10.5 Å². The molecule has 0 saturated carbocycles. The molecular formula is C18H24N4O3. The zero-order valence-electron chi connectivity index (χ0n) is 14.4. The molecule has 2 aromatic rings. The fraction of sp³-hybridized carbons (Fsp3) is 0.444. The summed E-state index contributed by atoms with van der Waals surface area (Å²) in [5.74, 6) is 1.29. The Morgan fingerprint density at radius 3 is 2.92 bits per heavy atom. The van der Waals surface area contributed by atoms with Gasteiger partial charge in [-0.05, 0) is 57.1 Å². The molecular weight excluding hydrogens is 320 g/mol. The maximum atomic E-state index is 12.3. The van der Waals surface area contributed by atoms with Crippen molar-refractivity contribution in [2.45, 2.75) is 25.8 Å². The van der Waals surface area contributed by atoms with Gasteiger partial charge in [0.15, 0.2) is 0 Å². The Morgan fingerprint density at radius 2 is 2.20 bits per heavy atom. The molecule has 0 bridgehead atoms. The number of hydrogen-bond acceptors (Lipinski definition) is 5. The van der Waals surface area contributed by atoms with Crippen molar-refractivity contribution in [3.05, 3.63) is 42.5 Å². The number of nitrogens with zero attached hydrogens (tertiary/aromatic N) is 2. The largest absolute Gasteiger partial charge is 0.476 e. The van der Waals surface area contributed by atoms with Gasteiger partial charge >= 0.3 is 6.03 Å². The molecule has 1 fully saturated rings. The maximum Gasteiger partial charge on any atom is 0.319 e. The highest BCUT2D eigenvalue weighted by atomic mass is 16.5. The van der Waals surface area contributed by atoms with Crippen LogP contribution in [0.3, 0.4) is 0 Å². The van der Waals surface area contributed by atoms with Crippen LogP contribution < -0.4 is 15.4 Å². The number of carbonyl (C=O) groups is 1. The van der Waals surface area contributed by atoms with E-state index >= 15 is 0 Å². The number of pyridine rings is 1. The van der Waals surface area contributed by atoms with Gasteiger partial charge in [-0.3, -0.25) is 4.90 Å². The SMILES string of the molecule is CCOc1ncccc1NC(=O)NC[C@@H](c1ccco1)N1CCCC1. The first kappa shape index (κ1) is 17.3. The van der Waals surface area contributed by atoms with Crippen LogP contribution in [0.2, 0.25) is 0 Å². The zero-order valence-corrected chi connectivity index (χ0v) is 14.4. The summed E-state index contributed by atoms with van der Waals surface area (Å²) in [4.78, 5) is 18.8. The van der Waals surface area contributed by atoms with E-state index in [0.29, 0.717) is 24.7 Å². The normalized spacial score (nSPS) is 15.7. The molecule has 1 saturated heterocycles. The monoisotopic (exact) mass is 344 g/mol. The number of likely N-dealkylation sites (tertiary alicyclic amines) is 1. The smallest absolute Gasteiger partial charge is 0.319 e. The minimum atomic E-state index is -0.287. The van der Waals surface area contributed by atoms with Crippen LogP contribution >= 0.6 is 0 Å². The Bertz CT molecular complexity index is 669. The number of amides is 2. The molecule has 2 N–H and O–H groups in total. The Kier molecular flexibility index (Phi) is 5.90. The van der Waals surface area contributed by atoms with Crippen LogP contribution in [0.5, 0.6) is 5.88 Å². The Balaban J connectivity index is 1.60. The van der Waals surface area contributed by atoms with Gasteiger partial charge in [-0.25, -0.2) is 9.78 Å². The summed E-state index contributed by atoms with van der Waals surface area (Å²) in [7, 11) is 0. The van der Waals surface area contributed by atoms with Gasteiger partial charge in [0.25, 0.3) is 0 Å². The highest BCUT2D eigenvalue weighted by molar-refractivity contribution is 5.90. The summed E-state index contributed by atoms with van der Waals surface area (Å²) in [6.45, 7) is 4.88. The van der Waals surface area contributed by atoms with Gasteiger partial charge in [-0.15, -0.1) is 0 Å². The molecule has 25 heavy (non-hydrogen) atoms. The van der Waals surface area contributed by atoms with Gasteiger partial charge < -0.3 is 19.8 Å². The second-order valence-electron chi connectivity index (χ2n) is 5.90. The first-order valence-electron chi connectivity index (χ1n) is 8.68. The minimum absolute atomic E-state index is 0.0449. The molecule has 0 spiro atoms. The second-order valence-corrected chi connectivity index (χ2v) is 5.90. The molecule has 3 rings (SSSR count). The van der Waals surface area contributed by atoms with E-state index in [-0.39, 0.29) is 12.1 Å². The third-order valence-corrected chi connectivity index (χ3v) is 4.21. The summed E-state index contributed by atoms with van der Waals surface area (Å²) >= 11 is 0. The van der Waals surface area contributed by atoms with Crippen LogP contribution in [-0.4, -0.2) is 42.2 Å². The van der Waals surface area contributed by atoms with Gasteiger partial charge in [-0.2, -0.15) is 0 Å². The van der Waals surface area contributed by atoms with Gasteiger partial charge in [-0.1, -0.05) is 0 Å². The van der Waals surface area contributed by atoms with Crippen LogP contribution in [-0.2, 0) is 0 Å². The topological polar surface area (TPSA) is 79.6 Å². The molecule has 2 amide bonds. The third-order valence-electron chi connectivity index (χ3n) is 4.21. The van der Waals surface area contributed by atoms with Crippen LogP contribution in [0.1, 0.15) is 31.6 Å². The lowest BCUT2D eigenvalue weighted by atomic mass is 10.2. The quantitative estimate of drug-likeness (QED) is 0.807. The molecule has 2 aromatic heterocycles. The van der Waals surface area contributed by atoms with Crippen molar-refractivity contribution in [2.75, 3.05) is 31.6 Å². The van der Waals surface area contributed by atoms with E-state index in [4.69, 9.17) is 9.15 Å². The van der Waals surface area contributed by atoms with E-state index in [9.17, 15) is 4.79 Å². The molecule has 134 valence electrons. The number of hydrogen-bond donors (Lipinski definition) is 2. The molecule has 3 heterocycles. The third kappa shape index (κ3) is 4.51. The van der Waals surface area contributed by atoms with E-state index < -0.39 is 0 Å². The summed E-state index contributed by atoms with van der Waals surface area (Å²) < 4.78 is 11.0. The Labute approximate surface area is 147 Å². The summed E-state index contributed by atoms with van der Waals surface area (Å²) in [5, 5.41) is 5.73. The van der Waals surface area contributed by atoms with E-state index in [2.05, 4.69) is 20.5 Å². The molecule has 7 heteroatoms. The number of furan rings is 1. The van der Waals surface area contributed by atoms with E-state index in [0.717, 1.165) is 18.8 Å². The van der Waals surface area contributed by atoms with Gasteiger partial charge in [0.2, 0.25) is 5.88 Å². The van der Waals surface area contributed by atoms with Gasteiger partial charge in [0.1, 0.15) is 11.4 Å². The first-order valence-corrected chi connectivity index (χ1v) is 8.68. The number of carbonyl (C=O) groups excluding carboxylic acids is 1. The Morgan fingerprint density at radius 1 is 1.36 bits per heavy atom. The number of anilines is 1. The van der Waals surface area contributed by atoms with E-state index in [1.54, 1.807) is 24.6 Å². The first-order chi connectivity index (χ1) is 12.3. The van der Waals surface area contributed by atoms with Gasteiger partial charge in [0, 0.05) is 12.7 Å². The number of rotatable bonds is 7. The van der Waals surface area contributed by atoms with Crippen molar-refractivity contribution in [3.63, 3.8) is 0 Å². The predicted octanol–water partition coefficient (Wildman–Crippen LogP) is 3.03. The highest BCUT2D eigenvalue weighted by Crippen LogP contribution is 2.25. The molecule has 1 aliphatic rings. The van der Waals surface area contributed by atoms with Crippen molar-refractivity contribution in [1.29, 1.82) is 0 Å². The highest BCUT2D eigenvalue weighted by Gasteiger charge is 2.26. The zero-order chi connectivity index (χ0) is 17.5. The molecule has 1 atom stereocenters. The van der Waals surface area contributed by atoms with Crippen molar-refractivity contribution >= 4 is 11.7 Å². The molecule has 0 radical (unpaired) electrons. The summed E-state index contributed by atoms with van der Waals surface area (Å²) in [6, 6.07) is 7.11. The second kappa shape index (κ2) is 8.53. The number of ether oxygens (including phenoxy) is 1. The van der Waals surface area contributed by atoms with Crippen molar-refractivity contribution in [1.82, 2.24) is 15.2 Å². The fourth-order valence-corrected chi connectivity index (χ4v) is 3.04. The summed E-state index contributed by atoms with van der Waals surface area (Å²) in [6.07, 6.45) is 5.66. The lowest BCUT2D eigenvalue weighted by molar-refractivity contribution is 0.206. The van der Waals surface area contributed by atoms with Gasteiger partial charge in [0.05, 0.1) is 18.9 Å². The number of aromatic nitrogens is 1. The molecule has 0 aromatic carbocycles. The lowest BCUT2D eigenvalue weighted by Crippen LogP contribution is -2.38. The molecule has 0 aliphatic carbocycles. The number of urea groups is 1. The van der Waals surface area contributed by atoms with E-state index in [1.807, 2.05) is 19.1 Å². The van der Waals surface area contributed by atoms with Crippen LogP contribution in [0.15, 0.2) is 41.1 Å². The molecule has 7 nitrogen and oxygen atoms in total. The molecule has 1 aliphatic heterocycles. The van der Waals surface area contributed by atoms with E-state index in [1.165, 1.54) is 12.8 Å². The Hall–Kier alpha value is -2.54. The van der Waals surface area contributed by atoms with Crippen molar-refractivity contribution < 1.29 is 13.9 Å². The number of nitrogens with one attached hydrogen (secondary N) is 2. The average Bonchev–Trinajstić information content (AvgIpc) is 3.31. The van der Waals surface area contributed by atoms with Crippen LogP contribution in [0.25, 0.3) is 0 Å². The standard InChI is InChI=1S/C18H24N4O3/c1-2-24-17-14(7-5-9-19-17)21-18(23)20-13-15(16-8-6-12-25-16)22-10-3-4-11-22/h5-9,12,15H,2-4,10-11,13H2,1H3,(H2,20,21,23)/t15-/m0/s1. The van der Waals surface area contributed by atoms with Crippen LogP contribution in [0, 0.1) is 0 Å². The molecule has 0 unspecified atom stereocenters.